The highest BCUT2D eigenvalue weighted by Crippen LogP contribution is 2.06. The average molecular weight is 299 g/mol. The van der Waals surface area contributed by atoms with E-state index in [0.29, 0.717) is 12.3 Å². The number of carbonyl (C=O) groups excluding carboxylic acids is 1. The van der Waals surface area contributed by atoms with Crippen LogP contribution in [0.3, 0.4) is 0 Å². The van der Waals surface area contributed by atoms with E-state index in [1.165, 1.54) is 0 Å². The number of aromatic nitrogens is 2. The number of piperazine rings is 1. The second-order valence-electron chi connectivity index (χ2n) is 5.18. The zero-order valence-corrected chi connectivity index (χ0v) is 12.8. The zero-order valence-electron chi connectivity index (χ0n) is 12.1. The highest BCUT2D eigenvalue weighted by atomic mass is 35.5. The molecule has 0 aliphatic carbocycles. The summed E-state index contributed by atoms with van der Waals surface area (Å²) in [6.45, 7) is 7.59. The Morgan fingerprint density at radius 2 is 2.05 bits per heavy atom. The van der Waals surface area contributed by atoms with Crippen LogP contribution in [0.25, 0.3) is 0 Å². The lowest BCUT2D eigenvalue weighted by atomic mass is 10.2. The maximum atomic E-state index is 11.9. The number of halogens is 1. The van der Waals surface area contributed by atoms with Gasteiger partial charge in [-0.1, -0.05) is 0 Å². The van der Waals surface area contributed by atoms with Crippen LogP contribution in [0.5, 0.6) is 0 Å². The second-order valence-corrected chi connectivity index (χ2v) is 5.56. The third-order valence-corrected chi connectivity index (χ3v) is 4.10. The van der Waals surface area contributed by atoms with E-state index >= 15 is 0 Å². The van der Waals surface area contributed by atoms with Gasteiger partial charge in [0.1, 0.15) is 5.82 Å². The van der Waals surface area contributed by atoms with Gasteiger partial charge in [-0.25, -0.2) is 4.98 Å². The molecule has 0 atom stereocenters. The highest BCUT2D eigenvalue weighted by molar-refractivity contribution is 6.17. The van der Waals surface area contributed by atoms with Crippen LogP contribution < -0.4 is 0 Å². The molecule has 1 fully saturated rings. The van der Waals surface area contributed by atoms with Gasteiger partial charge in [-0.2, -0.15) is 0 Å². The van der Waals surface area contributed by atoms with Crippen molar-refractivity contribution in [1.29, 1.82) is 0 Å². The maximum absolute atomic E-state index is 11.9. The fraction of sp³-hybridized carbons (Fsp3) is 0.714. The topological polar surface area (TPSA) is 41.4 Å². The molecule has 20 heavy (non-hydrogen) atoms. The Morgan fingerprint density at radius 1 is 1.30 bits per heavy atom. The number of imidazole rings is 1. The average Bonchev–Trinajstić information content (AvgIpc) is 2.88. The predicted octanol–water partition coefficient (Wildman–Crippen LogP) is 1.35. The molecule has 0 unspecified atom stereocenters. The standard InChI is InChI=1S/C14H23ClN4O/c1-13-16-5-6-18(13)10-7-17-8-11-19(12-9-17)14(20)3-2-4-15/h5-6H,2-4,7-12H2,1H3. The normalized spacial score (nSPS) is 16.6. The molecule has 0 radical (unpaired) electrons. The number of hydrogen-bond acceptors (Lipinski definition) is 3. The molecule has 0 spiro atoms. The molecular formula is C14H23ClN4O. The Kier molecular flexibility index (Phi) is 5.86. The number of carbonyl (C=O) groups is 1. The minimum atomic E-state index is 0.246. The first kappa shape index (κ1) is 15.3. The first-order chi connectivity index (χ1) is 9.70. The van der Waals surface area contributed by atoms with E-state index in [9.17, 15) is 4.79 Å². The Balaban J connectivity index is 1.69. The fourth-order valence-electron chi connectivity index (χ4n) is 2.49. The maximum Gasteiger partial charge on any atom is 0.222 e. The molecule has 6 heteroatoms. The molecule has 0 N–H and O–H groups in total. The third-order valence-electron chi connectivity index (χ3n) is 3.83. The van der Waals surface area contributed by atoms with Crippen molar-refractivity contribution in [3.63, 3.8) is 0 Å². The van der Waals surface area contributed by atoms with Gasteiger partial charge in [-0.05, 0) is 13.3 Å². The summed E-state index contributed by atoms with van der Waals surface area (Å²) >= 11 is 5.62. The van der Waals surface area contributed by atoms with E-state index in [2.05, 4.69) is 14.5 Å². The smallest absolute Gasteiger partial charge is 0.222 e. The molecule has 1 amide bonds. The first-order valence-corrected chi connectivity index (χ1v) is 7.78. The number of alkyl halides is 1. The van der Waals surface area contributed by atoms with Gasteiger partial charge in [-0.3, -0.25) is 9.69 Å². The van der Waals surface area contributed by atoms with E-state index in [1.54, 1.807) is 0 Å². The summed E-state index contributed by atoms with van der Waals surface area (Å²) in [7, 11) is 0. The van der Waals surface area contributed by atoms with Crippen LogP contribution in [-0.4, -0.2) is 63.9 Å². The molecule has 1 aromatic heterocycles. The molecule has 0 saturated carbocycles. The molecule has 1 aliphatic heterocycles. The lowest BCUT2D eigenvalue weighted by Crippen LogP contribution is -2.49. The number of nitrogens with zero attached hydrogens (tertiary/aromatic N) is 4. The van der Waals surface area contributed by atoms with Gasteiger partial charge in [0.2, 0.25) is 5.91 Å². The molecule has 0 aromatic carbocycles. The van der Waals surface area contributed by atoms with Crippen LogP contribution in [0, 0.1) is 6.92 Å². The predicted molar refractivity (Wildman–Crippen MR) is 79.9 cm³/mol. The van der Waals surface area contributed by atoms with Crippen LogP contribution in [0.15, 0.2) is 12.4 Å². The summed E-state index contributed by atoms with van der Waals surface area (Å²) in [6, 6.07) is 0. The number of rotatable bonds is 6. The molecule has 2 rings (SSSR count). The zero-order chi connectivity index (χ0) is 14.4. The fourth-order valence-corrected chi connectivity index (χ4v) is 2.62. The van der Waals surface area contributed by atoms with Gasteiger partial charge in [0.25, 0.3) is 0 Å². The molecule has 5 nitrogen and oxygen atoms in total. The van der Waals surface area contributed by atoms with E-state index in [0.717, 1.165) is 51.5 Å². The van der Waals surface area contributed by atoms with Crippen LogP contribution in [-0.2, 0) is 11.3 Å². The van der Waals surface area contributed by atoms with Crippen molar-refractivity contribution in [3.05, 3.63) is 18.2 Å². The van der Waals surface area contributed by atoms with Crippen LogP contribution in [0.4, 0.5) is 0 Å². The summed E-state index contributed by atoms with van der Waals surface area (Å²) < 4.78 is 2.16. The first-order valence-electron chi connectivity index (χ1n) is 7.24. The van der Waals surface area contributed by atoms with Crippen molar-refractivity contribution in [2.24, 2.45) is 0 Å². The molecule has 1 aromatic rings. The lowest BCUT2D eigenvalue weighted by Gasteiger charge is -2.34. The Hall–Kier alpha value is -1.07. The van der Waals surface area contributed by atoms with Crippen molar-refractivity contribution in [2.45, 2.75) is 26.3 Å². The van der Waals surface area contributed by atoms with Gasteiger partial charge >= 0.3 is 0 Å². The van der Waals surface area contributed by atoms with Gasteiger partial charge < -0.3 is 9.47 Å². The largest absolute Gasteiger partial charge is 0.340 e. The monoisotopic (exact) mass is 298 g/mol. The van der Waals surface area contributed by atoms with Gasteiger partial charge in [0.05, 0.1) is 0 Å². The molecule has 0 bridgehead atoms. The summed E-state index contributed by atoms with van der Waals surface area (Å²) in [5.74, 6) is 1.87. The van der Waals surface area contributed by atoms with E-state index < -0.39 is 0 Å². The van der Waals surface area contributed by atoms with Crippen LogP contribution in [0.1, 0.15) is 18.7 Å². The quantitative estimate of drug-likeness (QED) is 0.745. The Labute approximate surface area is 125 Å². The minimum absolute atomic E-state index is 0.246. The summed E-state index contributed by atoms with van der Waals surface area (Å²) in [4.78, 5) is 20.5. The highest BCUT2D eigenvalue weighted by Gasteiger charge is 2.20. The molecule has 2 heterocycles. The minimum Gasteiger partial charge on any atom is -0.340 e. The Bertz CT molecular complexity index is 427. The van der Waals surface area contributed by atoms with Crippen molar-refractivity contribution in [1.82, 2.24) is 19.4 Å². The Morgan fingerprint density at radius 3 is 2.65 bits per heavy atom. The van der Waals surface area contributed by atoms with Crippen molar-refractivity contribution >= 4 is 17.5 Å². The van der Waals surface area contributed by atoms with Crippen molar-refractivity contribution in [2.75, 3.05) is 38.6 Å². The van der Waals surface area contributed by atoms with E-state index in [-0.39, 0.29) is 5.91 Å². The number of amides is 1. The third kappa shape index (κ3) is 4.21. The molecule has 1 aliphatic rings. The van der Waals surface area contributed by atoms with Crippen LogP contribution in [0.2, 0.25) is 0 Å². The van der Waals surface area contributed by atoms with Crippen molar-refractivity contribution in [3.8, 4) is 0 Å². The molecule has 1 saturated heterocycles. The molecule has 112 valence electrons. The second kappa shape index (κ2) is 7.64. The summed E-state index contributed by atoms with van der Waals surface area (Å²) in [5.41, 5.74) is 0. The van der Waals surface area contributed by atoms with E-state index in [1.807, 2.05) is 24.2 Å². The SMILES string of the molecule is Cc1nccn1CCN1CCN(C(=O)CCCCl)CC1. The number of aryl methyl sites for hydroxylation is 1. The van der Waals surface area contributed by atoms with Crippen molar-refractivity contribution < 1.29 is 4.79 Å². The van der Waals surface area contributed by atoms with Gasteiger partial charge in [-0.15, -0.1) is 11.6 Å². The summed E-state index contributed by atoms with van der Waals surface area (Å²) in [6.07, 6.45) is 5.21. The van der Waals surface area contributed by atoms with Gasteiger partial charge in [0.15, 0.2) is 0 Å². The van der Waals surface area contributed by atoms with Crippen LogP contribution >= 0.6 is 11.6 Å². The van der Waals surface area contributed by atoms with E-state index in [4.69, 9.17) is 11.6 Å². The van der Waals surface area contributed by atoms with Gasteiger partial charge in [0, 0.05) is 64.0 Å². The summed E-state index contributed by atoms with van der Waals surface area (Å²) in [5, 5.41) is 0. The lowest BCUT2D eigenvalue weighted by molar-refractivity contribution is -0.132. The number of hydrogen-bond donors (Lipinski definition) is 0. The molecular weight excluding hydrogens is 276 g/mol.